The van der Waals surface area contributed by atoms with Gasteiger partial charge < -0.3 is 20.7 Å². The molecule has 0 aliphatic carbocycles. The Morgan fingerprint density at radius 3 is 2.59 bits per heavy atom. The molecule has 2 rings (SSSR count). The van der Waals surface area contributed by atoms with Crippen LogP contribution < -0.4 is 20.7 Å². The Hall–Kier alpha value is -2.84. The predicted molar refractivity (Wildman–Crippen MR) is 123 cm³/mol. The molecule has 0 aromatic heterocycles. The lowest BCUT2D eigenvalue weighted by Gasteiger charge is -2.20. The van der Waals surface area contributed by atoms with Gasteiger partial charge in [0.1, 0.15) is 24.3 Å². The lowest BCUT2D eigenvalue weighted by Crippen LogP contribution is -2.47. The SMILES string of the molecule is COc1ccc(Cl)cc1C(=O)N[C@@H](CCCNC(=N)CF)C(=O)NCc1ccccc1Cl. The summed E-state index contributed by atoms with van der Waals surface area (Å²) in [7, 11) is 1.43. The quantitative estimate of drug-likeness (QED) is 0.222. The van der Waals surface area contributed by atoms with Gasteiger partial charge in [0.2, 0.25) is 5.91 Å². The van der Waals surface area contributed by atoms with Crippen molar-refractivity contribution in [3.63, 3.8) is 0 Å². The van der Waals surface area contributed by atoms with Gasteiger partial charge in [0.15, 0.2) is 0 Å². The van der Waals surface area contributed by atoms with Crippen LogP contribution in [-0.4, -0.2) is 44.0 Å². The van der Waals surface area contributed by atoms with Gasteiger partial charge in [-0.3, -0.25) is 15.0 Å². The second kappa shape index (κ2) is 12.9. The monoisotopic (exact) mass is 482 g/mol. The Morgan fingerprint density at radius 1 is 1.16 bits per heavy atom. The first kappa shape index (κ1) is 25.4. The van der Waals surface area contributed by atoms with Crippen molar-refractivity contribution in [1.29, 1.82) is 5.41 Å². The summed E-state index contributed by atoms with van der Waals surface area (Å²) in [6.45, 7) is -0.420. The highest BCUT2D eigenvalue weighted by Crippen LogP contribution is 2.23. The van der Waals surface area contributed by atoms with E-state index in [2.05, 4.69) is 16.0 Å². The maximum absolute atomic E-state index is 12.9. The lowest BCUT2D eigenvalue weighted by atomic mass is 10.1. The van der Waals surface area contributed by atoms with Crippen LogP contribution in [0.3, 0.4) is 0 Å². The van der Waals surface area contributed by atoms with Crippen LogP contribution in [0.15, 0.2) is 42.5 Å². The van der Waals surface area contributed by atoms with Crippen molar-refractivity contribution in [2.75, 3.05) is 20.3 Å². The molecule has 0 spiro atoms. The summed E-state index contributed by atoms with van der Waals surface area (Å²) >= 11 is 12.1. The zero-order valence-corrected chi connectivity index (χ0v) is 19.0. The number of hydrogen-bond acceptors (Lipinski definition) is 4. The Kier molecular flexibility index (Phi) is 10.2. The second-order valence-electron chi connectivity index (χ2n) is 6.86. The van der Waals surface area contributed by atoms with Gasteiger partial charge in [-0.1, -0.05) is 41.4 Å². The summed E-state index contributed by atoms with van der Waals surface area (Å²) in [6, 6.07) is 10.8. The van der Waals surface area contributed by atoms with Crippen molar-refractivity contribution in [3.8, 4) is 5.75 Å². The van der Waals surface area contributed by atoms with Crippen molar-refractivity contribution in [1.82, 2.24) is 16.0 Å². The summed E-state index contributed by atoms with van der Waals surface area (Å²) in [4.78, 5) is 25.7. The number of benzene rings is 2. The molecule has 1 atom stereocenters. The zero-order chi connectivity index (χ0) is 23.5. The van der Waals surface area contributed by atoms with Gasteiger partial charge in [0.05, 0.1) is 12.7 Å². The Balaban J connectivity index is 2.09. The molecule has 0 unspecified atom stereocenters. The summed E-state index contributed by atoms with van der Waals surface area (Å²) in [5, 5.41) is 16.3. The molecular weight excluding hydrogens is 458 g/mol. The van der Waals surface area contributed by atoms with Gasteiger partial charge in [-0.2, -0.15) is 0 Å². The number of hydrogen-bond donors (Lipinski definition) is 4. The highest BCUT2D eigenvalue weighted by molar-refractivity contribution is 6.31. The van der Waals surface area contributed by atoms with Crippen molar-refractivity contribution >= 4 is 40.9 Å². The molecule has 0 aliphatic heterocycles. The van der Waals surface area contributed by atoms with E-state index >= 15 is 0 Å². The number of nitrogens with one attached hydrogen (secondary N) is 4. The largest absolute Gasteiger partial charge is 0.496 e. The first-order valence-corrected chi connectivity index (χ1v) is 10.6. The molecule has 0 saturated heterocycles. The zero-order valence-electron chi connectivity index (χ0n) is 17.5. The average Bonchev–Trinajstić information content (AvgIpc) is 2.79. The minimum absolute atomic E-state index is 0.191. The molecule has 0 saturated carbocycles. The molecule has 0 radical (unpaired) electrons. The maximum Gasteiger partial charge on any atom is 0.255 e. The third-order valence-electron chi connectivity index (χ3n) is 4.58. The second-order valence-corrected chi connectivity index (χ2v) is 7.70. The molecule has 7 nitrogen and oxygen atoms in total. The van der Waals surface area contributed by atoms with Gasteiger partial charge >= 0.3 is 0 Å². The van der Waals surface area contributed by atoms with E-state index < -0.39 is 24.5 Å². The van der Waals surface area contributed by atoms with E-state index in [4.69, 9.17) is 33.3 Å². The number of carbonyl (C=O) groups is 2. The number of ether oxygens (including phenoxy) is 1. The summed E-state index contributed by atoms with van der Waals surface area (Å²) < 4.78 is 17.6. The number of halogens is 3. The number of alkyl halides is 1. The summed E-state index contributed by atoms with van der Waals surface area (Å²) in [5.41, 5.74) is 0.934. The van der Waals surface area contributed by atoms with E-state index in [1.165, 1.54) is 13.2 Å². The molecule has 0 aliphatic rings. The van der Waals surface area contributed by atoms with E-state index in [0.29, 0.717) is 22.2 Å². The first-order valence-electron chi connectivity index (χ1n) is 9.88. The molecule has 2 amide bonds. The average molecular weight is 483 g/mol. The maximum atomic E-state index is 12.9. The highest BCUT2D eigenvalue weighted by Gasteiger charge is 2.23. The van der Waals surface area contributed by atoms with Crippen molar-refractivity contribution in [2.24, 2.45) is 0 Å². The Morgan fingerprint density at radius 2 is 1.91 bits per heavy atom. The molecule has 2 aromatic carbocycles. The smallest absolute Gasteiger partial charge is 0.255 e. The van der Waals surface area contributed by atoms with Crippen LogP contribution in [0.5, 0.6) is 5.75 Å². The molecule has 172 valence electrons. The first-order chi connectivity index (χ1) is 15.3. The van der Waals surface area contributed by atoms with Gasteiger partial charge in [-0.15, -0.1) is 0 Å². The van der Waals surface area contributed by atoms with Crippen LogP contribution in [0.4, 0.5) is 4.39 Å². The standard InChI is InChI=1S/C22H25Cl2FN4O3/c1-32-19-9-8-15(23)11-16(19)21(30)29-18(7-4-10-27-20(26)12-25)22(31)28-13-14-5-2-3-6-17(14)24/h2-3,5-6,8-9,11,18H,4,7,10,12-13H2,1H3,(H2,26,27)(H,28,31)(H,29,30)/t18-/m0/s1. The van der Waals surface area contributed by atoms with Crippen molar-refractivity contribution in [2.45, 2.75) is 25.4 Å². The van der Waals surface area contributed by atoms with E-state index in [1.54, 1.807) is 30.3 Å². The number of rotatable bonds is 11. The fourth-order valence-electron chi connectivity index (χ4n) is 2.90. The summed E-state index contributed by atoms with van der Waals surface area (Å²) in [5.74, 6) is -0.843. The molecule has 10 heteroatoms. The van der Waals surface area contributed by atoms with Crippen LogP contribution >= 0.6 is 23.2 Å². The van der Waals surface area contributed by atoms with Crippen molar-refractivity contribution < 1.29 is 18.7 Å². The molecule has 0 fully saturated rings. The van der Waals surface area contributed by atoms with Gasteiger partial charge in [-0.05, 0) is 42.7 Å². The van der Waals surface area contributed by atoms with Crippen LogP contribution in [0, 0.1) is 5.41 Å². The fraction of sp³-hybridized carbons (Fsp3) is 0.318. The topological polar surface area (TPSA) is 103 Å². The Bertz CT molecular complexity index is 959. The number of amides is 2. The minimum atomic E-state index is -0.896. The predicted octanol–water partition coefficient (Wildman–Crippen LogP) is 3.73. The number of carbonyl (C=O) groups excluding carboxylic acids is 2. The van der Waals surface area contributed by atoms with E-state index in [0.717, 1.165) is 5.56 Å². The normalized spacial score (nSPS) is 11.4. The van der Waals surface area contributed by atoms with E-state index in [-0.39, 0.29) is 30.9 Å². The van der Waals surface area contributed by atoms with Gasteiger partial charge in [-0.25, -0.2) is 4.39 Å². The highest BCUT2D eigenvalue weighted by atomic mass is 35.5. The van der Waals surface area contributed by atoms with Crippen LogP contribution in [0.25, 0.3) is 0 Å². The summed E-state index contributed by atoms with van der Waals surface area (Å²) in [6.07, 6.45) is 0.676. The molecule has 0 bridgehead atoms. The van der Waals surface area contributed by atoms with Crippen LogP contribution in [0.1, 0.15) is 28.8 Å². The van der Waals surface area contributed by atoms with Gasteiger partial charge in [0.25, 0.3) is 5.91 Å². The van der Waals surface area contributed by atoms with Crippen molar-refractivity contribution in [3.05, 3.63) is 63.6 Å². The number of amidine groups is 1. The molecule has 0 heterocycles. The molecule has 32 heavy (non-hydrogen) atoms. The Labute approximate surface area is 196 Å². The number of methoxy groups -OCH3 is 1. The van der Waals surface area contributed by atoms with E-state index in [9.17, 15) is 14.0 Å². The van der Waals surface area contributed by atoms with Gasteiger partial charge in [0, 0.05) is 23.1 Å². The van der Waals surface area contributed by atoms with Crippen LogP contribution in [-0.2, 0) is 11.3 Å². The van der Waals surface area contributed by atoms with E-state index in [1.807, 2.05) is 6.07 Å². The fourth-order valence-corrected chi connectivity index (χ4v) is 3.28. The lowest BCUT2D eigenvalue weighted by molar-refractivity contribution is -0.123. The molecular formula is C22H25Cl2FN4O3. The van der Waals surface area contributed by atoms with Crippen LogP contribution in [0.2, 0.25) is 10.0 Å². The minimum Gasteiger partial charge on any atom is -0.496 e. The molecule has 4 N–H and O–H groups in total. The molecule has 2 aromatic rings. The third kappa shape index (κ3) is 7.69. The third-order valence-corrected chi connectivity index (χ3v) is 5.18.